The van der Waals surface area contributed by atoms with Crippen LogP contribution in [0.2, 0.25) is 0 Å². The molecule has 1 heterocycles. The van der Waals surface area contributed by atoms with Crippen molar-refractivity contribution >= 4 is 17.3 Å². The molecule has 2 aromatic rings. The van der Waals surface area contributed by atoms with E-state index in [1.807, 2.05) is 6.92 Å². The number of aromatic nitrogens is 2. The topological polar surface area (TPSA) is 82.9 Å². The fraction of sp³-hybridized carbons (Fsp3) is 0.214. The standard InChI is InChI=1S/C14H15N5O/c1-9-13(16-2)17-8-18-14(9)19-12-10(7-15)5-4-6-11(12)20-3/h4-6,8H,1-3H3,(H2,16,17,18,19). The van der Waals surface area contributed by atoms with Gasteiger partial charge in [0.05, 0.1) is 12.7 Å². The molecule has 1 aromatic heterocycles. The monoisotopic (exact) mass is 269 g/mol. The maximum Gasteiger partial charge on any atom is 0.143 e. The normalized spacial score (nSPS) is 9.70. The van der Waals surface area contributed by atoms with E-state index in [2.05, 4.69) is 26.7 Å². The molecule has 0 saturated carbocycles. The maximum atomic E-state index is 9.20. The zero-order valence-electron chi connectivity index (χ0n) is 11.6. The molecule has 0 bridgehead atoms. The van der Waals surface area contributed by atoms with Crippen molar-refractivity contribution in [1.29, 1.82) is 5.26 Å². The molecule has 6 heteroatoms. The number of para-hydroxylation sites is 1. The first-order chi connectivity index (χ1) is 9.71. The van der Waals surface area contributed by atoms with Gasteiger partial charge in [-0.25, -0.2) is 9.97 Å². The second-order valence-corrected chi connectivity index (χ2v) is 4.07. The van der Waals surface area contributed by atoms with Crippen LogP contribution in [0.15, 0.2) is 24.5 Å². The summed E-state index contributed by atoms with van der Waals surface area (Å²) in [5, 5.41) is 15.3. The highest BCUT2D eigenvalue weighted by Crippen LogP contribution is 2.32. The lowest BCUT2D eigenvalue weighted by atomic mass is 10.1. The van der Waals surface area contributed by atoms with E-state index < -0.39 is 0 Å². The molecule has 0 radical (unpaired) electrons. The van der Waals surface area contributed by atoms with Gasteiger partial charge in [0.25, 0.3) is 0 Å². The minimum Gasteiger partial charge on any atom is -0.495 e. The Bertz CT molecular complexity index is 663. The summed E-state index contributed by atoms with van der Waals surface area (Å²) in [6.07, 6.45) is 1.46. The van der Waals surface area contributed by atoms with Crippen LogP contribution in [0.25, 0.3) is 0 Å². The quantitative estimate of drug-likeness (QED) is 0.887. The van der Waals surface area contributed by atoms with Crippen LogP contribution in [0.4, 0.5) is 17.3 Å². The third kappa shape index (κ3) is 2.47. The summed E-state index contributed by atoms with van der Waals surface area (Å²) in [7, 11) is 3.36. The molecular weight excluding hydrogens is 254 g/mol. The van der Waals surface area contributed by atoms with E-state index in [9.17, 15) is 5.26 Å². The molecule has 0 amide bonds. The van der Waals surface area contributed by atoms with Gasteiger partial charge >= 0.3 is 0 Å². The molecule has 6 nitrogen and oxygen atoms in total. The van der Waals surface area contributed by atoms with Gasteiger partial charge in [0.15, 0.2) is 0 Å². The summed E-state index contributed by atoms with van der Waals surface area (Å²) in [4.78, 5) is 8.33. The van der Waals surface area contributed by atoms with E-state index >= 15 is 0 Å². The van der Waals surface area contributed by atoms with Gasteiger partial charge in [-0.2, -0.15) is 5.26 Å². The molecule has 0 saturated heterocycles. The van der Waals surface area contributed by atoms with Crippen LogP contribution in [0.1, 0.15) is 11.1 Å². The number of methoxy groups -OCH3 is 1. The molecule has 0 atom stereocenters. The molecule has 0 aliphatic rings. The molecule has 2 N–H and O–H groups in total. The Hall–Kier alpha value is -2.81. The highest BCUT2D eigenvalue weighted by molar-refractivity contribution is 5.74. The van der Waals surface area contributed by atoms with Crippen LogP contribution in [0, 0.1) is 18.3 Å². The Kier molecular flexibility index (Phi) is 4.01. The number of nitrogens with one attached hydrogen (secondary N) is 2. The first-order valence-corrected chi connectivity index (χ1v) is 6.04. The van der Waals surface area contributed by atoms with Crippen LogP contribution >= 0.6 is 0 Å². The van der Waals surface area contributed by atoms with E-state index in [0.717, 1.165) is 11.4 Å². The Labute approximate surface area is 117 Å². The first-order valence-electron chi connectivity index (χ1n) is 6.04. The lowest BCUT2D eigenvalue weighted by Crippen LogP contribution is -2.04. The lowest BCUT2D eigenvalue weighted by Gasteiger charge is -2.14. The minimum absolute atomic E-state index is 0.494. The van der Waals surface area contributed by atoms with Crippen LogP contribution in [-0.4, -0.2) is 24.1 Å². The second-order valence-electron chi connectivity index (χ2n) is 4.07. The van der Waals surface area contributed by atoms with Gasteiger partial charge in [0.2, 0.25) is 0 Å². The minimum atomic E-state index is 0.494. The number of hydrogen-bond acceptors (Lipinski definition) is 6. The summed E-state index contributed by atoms with van der Waals surface area (Å²) < 4.78 is 5.28. The Morgan fingerprint density at radius 3 is 2.65 bits per heavy atom. The first kappa shape index (κ1) is 13.6. The highest BCUT2D eigenvalue weighted by Gasteiger charge is 2.12. The van der Waals surface area contributed by atoms with Crippen LogP contribution in [-0.2, 0) is 0 Å². The average molecular weight is 269 g/mol. The van der Waals surface area contributed by atoms with Gasteiger partial charge in [0.1, 0.15) is 35.5 Å². The SMILES string of the molecule is CNc1ncnc(Nc2c(C#N)cccc2OC)c1C. The van der Waals surface area contributed by atoms with Crippen molar-refractivity contribution < 1.29 is 4.74 Å². The molecular formula is C14H15N5O. The number of anilines is 3. The Balaban J connectivity index is 2.48. The van der Waals surface area contributed by atoms with Crippen molar-refractivity contribution in [3.8, 4) is 11.8 Å². The molecule has 102 valence electrons. The molecule has 0 spiro atoms. The largest absolute Gasteiger partial charge is 0.495 e. The van der Waals surface area contributed by atoms with Crippen molar-refractivity contribution in [3.05, 3.63) is 35.7 Å². The van der Waals surface area contributed by atoms with Gasteiger partial charge < -0.3 is 15.4 Å². The summed E-state index contributed by atoms with van der Waals surface area (Å²) in [6.45, 7) is 1.90. The number of hydrogen-bond donors (Lipinski definition) is 2. The summed E-state index contributed by atoms with van der Waals surface area (Å²) in [5.41, 5.74) is 1.96. The zero-order chi connectivity index (χ0) is 14.5. The van der Waals surface area contributed by atoms with Crippen LogP contribution in [0.5, 0.6) is 5.75 Å². The predicted molar refractivity (Wildman–Crippen MR) is 77.3 cm³/mol. The van der Waals surface area contributed by atoms with Crippen molar-refractivity contribution in [3.63, 3.8) is 0 Å². The highest BCUT2D eigenvalue weighted by atomic mass is 16.5. The average Bonchev–Trinajstić information content (AvgIpc) is 2.49. The molecule has 20 heavy (non-hydrogen) atoms. The smallest absolute Gasteiger partial charge is 0.143 e. The van der Waals surface area contributed by atoms with Crippen LogP contribution in [0.3, 0.4) is 0 Å². The van der Waals surface area contributed by atoms with Crippen molar-refractivity contribution in [2.45, 2.75) is 6.92 Å². The van der Waals surface area contributed by atoms with Gasteiger partial charge in [-0.3, -0.25) is 0 Å². The van der Waals surface area contributed by atoms with Crippen molar-refractivity contribution in [2.75, 3.05) is 24.8 Å². The third-order valence-corrected chi connectivity index (χ3v) is 2.93. The van der Waals surface area contributed by atoms with Gasteiger partial charge in [0, 0.05) is 12.6 Å². The third-order valence-electron chi connectivity index (χ3n) is 2.93. The number of rotatable bonds is 4. The summed E-state index contributed by atoms with van der Waals surface area (Å²) >= 11 is 0. The number of benzene rings is 1. The van der Waals surface area contributed by atoms with Crippen LogP contribution < -0.4 is 15.4 Å². The van der Waals surface area contributed by atoms with Crippen molar-refractivity contribution in [1.82, 2.24) is 9.97 Å². The van der Waals surface area contributed by atoms with E-state index in [1.165, 1.54) is 6.33 Å². The van der Waals surface area contributed by atoms with E-state index in [0.29, 0.717) is 22.8 Å². The molecule has 0 aliphatic carbocycles. The number of ether oxygens (including phenoxy) is 1. The number of nitriles is 1. The van der Waals surface area contributed by atoms with Gasteiger partial charge in [-0.15, -0.1) is 0 Å². The van der Waals surface area contributed by atoms with E-state index in [4.69, 9.17) is 4.74 Å². The molecule has 1 aromatic carbocycles. The fourth-order valence-electron chi connectivity index (χ4n) is 1.87. The molecule has 2 rings (SSSR count). The second kappa shape index (κ2) is 5.89. The summed E-state index contributed by atoms with van der Waals surface area (Å²) in [6, 6.07) is 7.42. The zero-order valence-corrected chi connectivity index (χ0v) is 11.6. The molecule has 0 unspecified atom stereocenters. The van der Waals surface area contributed by atoms with Gasteiger partial charge in [-0.05, 0) is 19.1 Å². The lowest BCUT2D eigenvalue weighted by molar-refractivity contribution is 0.416. The molecule has 0 fully saturated rings. The van der Waals surface area contributed by atoms with Crippen molar-refractivity contribution in [2.24, 2.45) is 0 Å². The number of nitrogens with zero attached hydrogens (tertiary/aromatic N) is 3. The Morgan fingerprint density at radius 1 is 1.25 bits per heavy atom. The molecule has 0 aliphatic heterocycles. The summed E-state index contributed by atoms with van der Waals surface area (Å²) in [5.74, 6) is 1.95. The van der Waals surface area contributed by atoms with E-state index in [-0.39, 0.29) is 0 Å². The Morgan fingerprint density at radius 2 is 2.00 bits per heavy atom. The van der Waals surface area contributed by atoms with Gasteiger partial charge in [-0.1, -0.05) is 6.07 Å². The predicted octanol–water partition coefficient (Wildman–Crippen LogP) is 2.45. The fourth-order valence-corrected chi connectivity index (χ4v) is 1.87. The van der Waals surface area contributed by atoms with E-state index in [1.54, 1.807) is 32.4 Å². The maximum absolute atomic E-state index is 9.20.